The van der Waals surface area contributed by atoms with E-state index < -0.39 is 21.7 Å². The second kappa shape index (κ2) is 3.30. The molecule has 2 rings (SSSR count). The van der Waals surface area contributed by atoms with Gasteiger partial charge in [0.1, 0.15) is 9.77 Å². The Morgan fingerprint density at radius 1 is 1.33 bits per heavy atom. The van der Waals surface area contributed by atoms with Gasteiger partial charge in [0.15, 0.2) is 0 Å². The van der Waals surface area contributed by atoms with Gasteiger partial charge < -0.3 is 0 Å². The molecular weight excluding hydrogens is 227 g/mol. The quantitative estimate of drug-likeness (QED) is 0.787. The lowest BCUT2D eigenvalue weighted by molar-refractivity contribution is -0.136. The smallest absolute Gasteiger partial charge is 0.252 e. The maximum Gasteiger partial charge on any atom is 0.406 e. The molecule has 2 nitrogen and oxygen atoms in total. The van der Waals surface area contributed by atoms with Crippen LogP contribution in [0.25, 0.3) is 0 Å². The summed E-state index contributed by atoms with van der Waals surface area (Å²) in [5.74, 6) is 0. The predicted molar refractivity (Wildman–Crippen MR) is 48.7 cm³/mol. The minimum absolute atomic E-state index is 0.00678. The van der Waals surface area contributed by atoms with Crippen molar-refractivity contribution in [3.05, 3.63) is 24.4 Å². The topological polar surface area (TPSA) is 30.0 Å². The Hall–Kier alpha value is -0.910. The Kier molecular flexibility index (Phi) is 2.33. The molecule has 0 amide bonds. The number of aromatic nitrogens is 1. The molecule has 0 aliphatic heterocycles. The molecule has 1 atom stereocenters. The fraction of sp³-hybridized carbons (Fsp3) is 0.444. The summed E-state index contributed by atoms with van der Waals surface area (Å²) in [4.78, 5) is 3.70. The molecule has 1 unspecified atom stereocenters. The number of halogens is 3. The minimum atomic E-state index is -4.41. The highest BCUT2D eigenvalue weighted by molar-refractivity contribution is 7.86. The number of rotatable bonds is 2. The van der Waals surface area contributed by atoms with E-state index in [-0.39, 0.29) is 17.9 Å². The Labute approximate surface area is 87.0 Å². The zero-order valence-corrected chi connectivity index (χ0v) is 8.44. The molecule has 15 heavy (non-hydrogen) atoms. The van der Waals surface area contributed by atoms with Crippen LogP contribution in [0.5, 0.6) is 0 Å². The van der Waals surface area contributed by atoms with Crippen LogP contribution in [0.15, 0.2) is 29.4 Å². The van der Waals surface area contributed by atoms with Crippen molar-refractivity contribution in [2.24, 2.45) is 0 Å². The summed E-state index contributed by atoms with van der Waals surface area (Å²) in [5, 5.41) is 0.00678. The van der Waals surface area contributed by atoms with Crippen molar-refractivity contribution < 1.29 is 17.4 Å². The maximum atomic E-state index is 12.6. The number of hydrogen-bond acceptors (Lipinski definition) is 2. The summed E-state index contributed by atoms with van der Waals surface area (Å²) < 4.78 is 47.5. The SMILES string of the molecule is O=S(c1ccccn1)C1(C(F)(F)F)CC1. The highest BCUT2D eigenvalue weighted by Gasteiger charge is 2.68. The highest BCUT2D eigenvalue weighted by atomic mass is 32.2. The predicted octanol–water partition coefficient (Wildman–Crippen LogP) is 2.28. The molecule has 0 saturated heterocycles. The van der Waals surface area contributed by atoms with Crippen LogP contribution in [0.4, 0.5) is 13.2 Å². The van der Waals surface area contributed by atoms with Crippen molar-refractivity contribution in [3.63, 3.8) is 0 Å². The molecule has 0 spiro atoms. The Balaban J connectivity index is 2.31. The van der Waals surface area contributed by atoms with Gasteiger partial charge in [-0.25, -0.2) is 4.98 Å². The van der Waals surface area contributed by atoms with Crippen molar-refractivity contribution >= 4 is 10.8 Å². The van der Waals surface area contributed by atoms with Crippen LogP contribution in [-0.4, -0.2) is 20.1 Å². The molecular formula is C9H8F3NOS. The van der Waals surface area contributed by atoms with Gasteiger partial charge in [0.05, 0.1) is 10.8 Å². The largest absolute Gasteiger partial charge is 0.406 e. The third kappa shape index (κ3) is 1.67. The van der Waals surface area contributed by atoms with Gasteiger partial charge >= 0.3 is 6.18 Å². The molecule has 1 heterocycles. The zero-order valence-electron chi connectivity index (χ0n) is 7.62. The second-order valence-electron chi connectivity index (χ2n) is 3.43. The first kappa shape index (κ1) is 10.6. The molecule has 1 aliphatic carbocycles. The molecule has 1 aromatic heterocycles. The molecule has 1 aliphatic rings. The Morgan fingerprint density at radius 2 is 2.00 bits per heavy atom. The van der Waals surface area contributed by atoms with E-state index in [1.807, 2.05) is 0 Å². The molecule has 0 aromatic carbocycles. The van der Waals surface area contributed by atoms with Gasteiger partial charge in [0.2, 0.25) is 0 Å². The average molecular weight is 235 g/mol. The molecule has 1 saturated carbocycles. The molecule has 0 N–H and O–H groups in total. The van der Waals surface area contributed by atoms with Crippen LogP contribution >= 0.6 is 0 Å². The van der Waals surface area contributed by atoms with Gasteiger partial charge in [-0.1, -0.05) is 6.07 Å². The summed E-state index contributed by atoms with van der Waals surface area (Å²) >= 11 is 0. The van der Waals surface area contributed by atoms with Crippen LogP contribution in [0, 0.1) is 0 Å². The van der Waals surface area contributed by atoms with Crippen LogP contribution < -0.4 is 0 Å². The van der Waals surface area contributed by atoms with Gasteiger partial charge in [-0.15, -0.1) is 0 Å². The maximum absolute atomic E-state index is 12.6. The van der Waals surface area contributed by atoms with E-state index in [0.717, 1.165) is 0 Å². The lowest BCUT2D eigenvalue weighted by Gasteiger charge is -2.17. The molecule has 1 aromatic rings. The van der Waals surface area contributed by atoms with E-state index in [1.54, 1.807) is 6.07 Å². The van der Waals surface area contributed by atoms with E-state index in [9.17, 15) is 17.4 Å². The first-order chi connectivity index (χ1) is 6.97. The first-order valence-corrected chi connectivity index (χ1v) is 5.52. The van der Waals surface area contributed by atoms with Crippen LogP contribution in [0.2, 0.25) is 0 Å². The average Bonchev–Trinajstić information content (AvgIpc) is 2.98. The molecule has 82 valence electrons. The van der Waals surface area contributed by atoms with Gasteiger partial charge in [-0.05, 0) is 25.0 Å². The van der Waals surface area contributed by atoms with Crippen molar-refractivity contribution in [3.8, 4) is 0 Å². The lowest BCUT2D eigenvalue weighted by Crippen LogP contribution is -2.35. The van der Waals surface area contributed by atoms with Gasteiger partial charge in [0.25, 0.3) is 0 Å². The van der Waals surface area contributed by atoms with Crippen LogP contribution in [-0.2, 0) is 10.8 Å². The van der Waals surface area contributed by atoms with Gasteiger partial charge in [-0.2, -0.15) is 13.2 Å². The number of alkyl halides is 3. The highest BCUT2D eigenvalue weighted by Crippen LogP contribution is 2.54. The summed E-state index contributed by atoms with van der Waals surface area (Å²) in [6.45, 7) is 0. The van der Waals surface area contributed by atoms with Gasteiger partial charge in [-0.3, -0.25) is 4.21 Å². The van der Waals surface area contributed by atoms with Crippen molar-refractivity contribution in [2.75, 3.05) is 0 Å². The molecule has 1 fully saturated rings. The standard InChI is InChI=1S/C9H8F3NOS/c10-9(11,12)8(4-5-8)15(14)7-3-1-2-6-13-7/h1-3,6H,4-5H2. The Morgan fingerprint density at radius 3 is 2.40 bits per heavy atom. The zero-order chi connectivity index (χ0) is 11.1. The molecule has 0 radical (unpaired) electrons. The molecule has 0 bridgehead atoms. The Bertz CT molecular complexity index is 386. The number of nitrogens with zero attached hydrogens (tertiary/aromatic N) is 1. The third-order valence-corrected chi connectivity index (χ3v) is 4.37. The fourth-order valence-corrected chi connectivity index (χ4v) is 2.79. The number of hydrogen-bond donors (Lipinski definition) is 0. The van der Waals surface area contributed by atoms with Crippen LogP contribution in [0.3, 0.4) is 0 Å². The van der Waals surface area contributed by atoms with Crippen molar-refractivity contribution in [2.45, 2.75) is 28.8 Å². The molecule has 6 heteroatoms. The van der Waals surface area contributed by atoms with E-state index in [0.29, 0.717) is 0 Å². The van der Waals surface area contributed by atoms with E-state index >= 15 is 0 Å². The fourth-order valence-electron chi connectivity index (χ4n) is 1.34. The van der Waals surface area contributed by atoms with E-state index in [1.165, 1.54) is 18.3 Å². The monoisotopic (exact) mass is 235 g/mol. The summed E-state index contributed by atoms with van der Waals surface area (Å²) in [6.07, 6.45) is -3.20. The van der Waals surface area contributed by atoms with Crippen molar-refractivity contribution in [1.29, 1.82) is 0 Å². The van der Waals surface area contributed by atoms with Crippen molar-refractivity contribution in [1.82, 2.24) is 4.98 Å². The summed E-state index contributed by atoms with van der Waals surface area (Å²) in [5.41, 5.74) is 0. The van der Waals surface area contributed by atoms with Gasteiger partial charge in [0, 0.05) is 6.20 Å². The van der Waals surface area contributed by atoms with Crippen LogP contribution in [0.1, 0.15) is 12.8 Å². The summed E-state index contributed by atoms with van der Waals surface area (Å²) in [6, 6.07) is 4.47. The third-order valence-electron chi connectivity index (χ3n) is 2.40. The minimum Gasteiger partial charge on any atom is -0.252 e. The van der Waals surface area contributed by atoms with E-state index in [2.05, 4.69) is 4.98 Å². The number of pyridine rings is 1. The normalized spacial score (nSPS) is 21.0. The second-order valence-corrected chi connectivity index (χ2v) is 5.17. The summed E-state index contributed by atoms with van der Waals surface area (Å²) in [7, 11) is -2.09. The van der Waals surface area contributed by atoms with E-state index in [4.69, 9.17) is 0 Å². The lowest BCUT2D eigenvalue weighted by atomic mass is 10.4. The first-order valence-electron chi connectivity index (χ1n) is 4.37.